The number of likely N-dealkylation sites (N-methyl/N-ethyl adjacent to an activating group) is 1. The number of hydrogen-bond donors (Lipinski definition) is 8. The topological polar surface area (TPSA) is 242 Å². The Morgan fingerprint density at radius 2 is 1.72 bits per heavy atom. The lowest BCUT2D eigenvalue weighted by atomic mass is 9.84. The summed E-state index contributed by atoms with van der Waals surface area (Å²) < 4.78 is 18.1. The van der Waals surface area contributed by atoms with E-state index in [9.17, 15) is 28.7 Å². The predicted octanol–water partition coefficient (Wildman–Crippen LogP) is 2.19. The maximum absolute atomic E-state index is 13.3. The standard InChI is InChI=1S/C23H36N6O4.C14H16FN3O2/c1-15(24)21(31)29(18-11-9-17(10-12-18)22(32)33)19(8-5-13-27-23(25)26)20(30)28-14-16-6-3-2-4-7-16;1-16-9-13(19)18-12(14-17-6-7-20-14)8-10-2-4-11(15)5-3-10/h2-4,6-7,15,17-19H,5,8-14,24H2,1H3,(H,28,30)(H,32,33)(H4,25,26,27);2-7,12,16H,8-9H2,1H3,(H,18,19)/t15-,17?,18?,19-;12-/m00/s1. The molecule has 3 atom stereocenters. The normalized spacial score (nSPS) is 16.8. The van der Waals surface area contributed by atoms with Gasteiger partial charge in [0.05, 0.1) is 24.7 Å². The number of aliphatic carboxylic acids is 1. The largest absolute Gasteiger partial charge is 0.481 e. The van der Waals surface area contributed by atoms with Gasteiger partial charge in [-0.1, -0.05) is 42.5 Å². The molecule has 53 heavy (non-hydrogen) atoms. The van der Waals surface area contributed by atoms with E-state index in [2.05, 4.69) is 26.3 Å². The van der Waals surface area contributed by atoms with Crippen LogP contribution in [0.4, 0.5) is 4.39 Å². The number of carbonyl (C=O) groups excluding carboxylic acids is 3. The van der Waals surface area contributed by atoms with E-state index < -0.39 is 24.0 Å². The lowest BCUT2D eigenvalue weighted by Crippen LogP contribution is -2.58. The van der Waals surface area contributed by atoms with E-state index in [0.29, 0.717) is 63.9 Å². The number of benzene rings is 2. The van der Waals surface area contributed by atoms with Gasteiger partial charge >= 0.3 is 5.97 Å². The van der Waals surface area contributed by atoms with Crippen LogP contribution in [0.3, 0.4) is 0 Å². The fraction of sp³-hybridized carbons (Fsp3) is 0.459. The molecule has 0 bridgehead atoms. The number of carbonyl (C=O) groups is 4. The van der Waals surface area contributed by atoms with Crippen LogP contribution in [-0.4, -0.2) is 82.9 Å². The number of amides is 3. The minimum atomic E-state index is -0.828. The number of guanidine groups is 1. The van der Waals surface area contributed by atoms with Crippen molar-refractivity contribution >= 4 is 29.7 Å². The lowest BCUT2D eigenvalue weighted by molar-refractivity contribution is -0.147. The van der Waals surface area contributed by atoms with E-state index in [1.54, 1.807) is 31.0 Å². The summed E-state index contributed by atoms with van der Waals surface area (Å²) in [6.07, 6.45) is 6.24. The summed E-state index contributed by atoms with van der Waals surface area (Å²) in [4.78, 5) is 55.2. The van der Waals surface area contributed by atoms with E-state index in [1.807, 2.05) is 30.3 Å². The van der Waals surface area contributed by atoms with Gasteiger partial charge in [-0.2, -0.15) is 0 Å². The highest BCUT2D eigenvalue weighted by molar-refractivity contribution is 5.90. The molecule has 288 valence electrons. The van der Waals surface area contributed by atoms with Gasteiger partial charge in [0, 0.05) is 25.6 Å². The molecule has 0 aliphatic heterocycles. The van der Waals surface area contributed by atoms with Crippen molar-refractivity contribution in [3.63, 3.8) is 0 Å². The van der Waals surface area contributed by atoms with Gasteiger partial charge in [-0.15, -0.1) is 0 Å². The van der Waals surface area contributed by atoms with E-state index in [0.717, 1.165) is 11.1 Å². The summed E-state index contributed by atoms with van der Waals surface area (Å²) in [5.74, 6) is -2.04. The van der Waals surface area contributed by atoms with Gasteiger partial charge in [-0.3, -0.25) is 24.6 Å². The Balaban J connectivity index is 0.000000321. The van der Waals surface area contributed by atoms with Crippen molar-refractivity contribution < 1.29 is 33.1 Å². The molecule has 0 unspecified atom stereocenters. The van der Waals surface area contributed by atoms with Crippen molar-refractivity contribution in [2.75, 3.05) is 20.1 Å². The fourth-order valence-corrected chi connectivity index (χ4v) is 6.11. The zero-order valence-corrected chi connectivity index (χ0v) is 30.2. The molecule has 2 aromatic carbocycles. The summed E-state index contributed by atoms with van der Waals surface area (Å²) in [6.45, 7) is 2.52. The molecule has 1 aliphatic carbocycles. The maximum atomic E-state index is 13.3. The Morgan fingerprint density at radius 3 is 2.28 bits per heavy atom. The fourth-order valence-electron chi connectivity index (χ4n) is 6.11. The summed E-state index contributed by atoms with van der Waals surface area (Å²) in [5, 5.41) is 27.9. The molecular weight excluding hydrogens is 685 g/mol. The van der Waals surface area contributed by atoms with Gasteiger partial charge in [0.25, 0.3) is 0 Å². The molecule has 16 heteroatoms. The highest BCUT2D eigenvalue weighted by Gasteiger charge is 2.38. The van der Waals surface area contributed by atoms with Crippen LogP contribution in [0.15, 0.2) is 71.5 Å². The van der Waals surface area contributed by atoms with Crippen LogP contribution in [0.1, 0.15) is 68.5 Å². The maximum Gasteiger partial charge on any atom is 0.306 e. The first-order valence-corrected chi connectivity index (χ1v) is 17.7. The summed E-state index contributed by atoms with van der Waals surface area (Å²) in [6, 6.07) is 13.4. The Kier molecular flexibility index (Phi) is 17.4. The number of aromatic nitrogens is 1. The molecular formula is C37H52FN9O6. The highest BCUT2D eigenvalue weighted by atomic mass is 19.1. The molecule has 4 rings (SSSR count). The van der Waals surface area contributed by atoms with Crippen molar-refractivity contribution in [1.29, 1.82) is 5.41 Å². The van der Waals surface area contributed by atoms with E-state index in [1.165, 1.54) is 24.6 Å². The molecule has 1 fully saturated rings. The van der Waals surface area contributed by atoms with Crippen LogP contribution >= 0.6 is 0 Å². The van der Waals surface area contributed by atoms with Gasteiger partial charge in [0.2, 0.25) is 23.6 Å². The van der Waals surface area contributed by atoms with E-state index >= 15 is 0 Å². The van der Waals surface area contributed by atoms with Crippen molar-refractivity contribution in [2.24, 2.45) is 17.4 Å². The second-order valence-electron chi connectivity index (χ2n) is 12.9. The number of carboxylic acid groups (broad SMARTS) is 1. The molecule has 1 aliphatic rings. The van der Waals surface area contributed by atoms with E-state index in [-0.39, 0.29) is 48.1 Å². The molecule has 1 heterocycles. The van der Waals surface area contributed by atoms with Gasteiger partial charge in [-0.25, -0.2) is 9.37 Å². The Morgan fingerprint density at radius 1 is 1.04 bits per heavy atom. The highest BCUT2D eigenvalue weighted by Crippen LogP contribution is 2.30. The first kappa shape index (κ1) is 42.1. The van der Waals surface area contributed by atoms with Crippen LogP contribution in [-0.2, 0) is 32.1 Å². The molecule has 0 saturated heterocycles. The Labute approximate surface area is 309 Å². The number of hydrogen-bond acceptors (Lipinski definition) is 9. The first-order chi connectivity index (χ1) is 25.4. The molecule has 3 aromatic rings. The average Bonchev–Trinajstić information content (AvgIpc) is 3.68. The zero-order valence-electron chi connectivity index (χ0n) is 30.2. The van der Waals surface area contributed by atoms with Crippen LogP contribution in [0.5, 0.6) is 0 Å². The average molecular weight is 738 g/mol. The molecule has 0 radical (unpaired) electrons. The SMILES string of the molecule is CNCC(=O)N[C@@H](Cc1ccc(F)cc1)c1ncco1.C[C@H](N)C(=O)N(C1CCC(C(=O)O)CC1)[C@@H](CCCNC(=N)N)C(=O)NCc1ccccc1. The minimum absolute atomic E-state index is 0.155. The number of nitrogens with two attached hydrogens (primary N) is 2. The number of rotatable bonds is 17. The van der Waals surface area contributed by atoms with Crippen LogP contribution in [0, 0.1) is 17.1 Å². The van der Waals surface area contributed by atoms with Crippen LogP contribution < -0.4 is 32.7 Å². The third-order valence-corrected chi connectivity index (χ3v) is 8.78. The number of oxazole rings is 1. The monoisotopic (exact) mass is 737 g/mol. The van der Waals surface area contributed by atoms with Crippen molar-refractivity contribution in [3.05, 3.63) is 89.9 Å². The molecule has 15 nitrogen and oxygen atoms in total. The summed E-state index contributed by atoms with van der Waals surface area (Å²) in [7, 11) is 1.69. The van der Waals surface area contributed by atoms with Crippen LogP contribution in [0.25, 0.3) is 0 Å². The van der Waals surface area contributed by atoms with Gasteiger partial charge in [0.15, 0.2) is 5.96 Å². The number of halogens is 1. The quantitative estimate of drug-likeness (QED) is 0.0567. The van der Waals surface area contributed by atoms with E-state index in [4.69, 9.17) is 21.3 Å². The first-order valence-electron chi connectivity index (χ1n) is 17.7. The zero-order chi connectivity index (χ0) is 38.8. The van der Waals surface area contributed by atoms with Crippen molar-refractivity contribution in [1.82, 2.24) is 31.2 Å². The number of nitrogens with zero attached hydrogens (tertiary/aromatic N) is 2. The Bertz CT molecular complexity index is 1580. The lowest BCUT2D eigenvalue weighted by Gasteiger charge is -2.41. The second kappa shape index (κ2) is 21.9. The Hall–Kier alpha value is -5.35. The summed E-state index contributed by atoms with van der Waals surface area (Å²) >= 11 is 0. The molecule has 3 amide bonds. The molecule has 1 aromatic heterocycles. The number of carboxylic acids is 1. The van der Waals surface area contributed by atoms with Gasteiger partial charge in [0.1, 0.15) is 24.2 Å². The van der Waals surface area contributed by atoms with Crippen molar-refractivity contribution in [2.45, 2.75) is 82.6 Å². The number of nitrogens with one attached hydrogen (secondary N) is 5. The molecule has 10 N–H and O–H groups in total. The van der Waals surface area contributed by atoms with Gasteiger partial charge < -0.3 is 47.2 Å². The minimum Gasteiger partial charge on any atom is -0.481 e. The molecule has 1 saturated carbocycles. The van der Waals surface area contributed by atoms with Gasteiger partial charge in [-0.05, 0) is 75.8 Å². The third kappa shape index (κ3) is 14.3. The second-order valence-corrected chi connectivity index (χ2v) is 12.9. The van der Waals surface area contributed by atoms with Crippen LogP contribution in [0.2, 0.25) is 0 Å². The van der Waals surface area contributed by atoms with Crippen molar-refractivity contribution in [3.8, 4) is 0 Å². The predicted molar refractivity (Wildman–Crippen MR) is 197 cm³/mol. The third-order valence-electron chi connectivity index (χ3n) is 8.78. The smallest absolute Gasteiger partial charge is 0.306 e. The summed E-state index contributed by atoms with van der Waals surface area (Å²) in [5.41, 5.74) is 13.1. The molecule has 0 spiro atoms.